The predicted molar refractivity (Wildman–Crippen MR) is 79.1 cm³/mol. The topological polar surface area (TPSA) is 76.4 Å². The molecule has 6 nitrogen and oxygen atoms in total. The predicted octanol–water partition coefficient (Wildman–Crippen LogP) is 2.67. The van der Waals surface area contributed by atoms with Gasteiger partial charge in [-0.15, -0.1) is 0 Å². The Balaban J connectivity index is 2.10. The summed E-state index contributed by atoms with van der Waals surface area (Å²) in [5, 5.41) is 9.24. The van der Waals surface area contributed by atoms with Crippen LogP contribution in [0.4, 0.5) is 10.7 Å². The number of hydrogen-bond donors (Lipinski definition) is 2. The van der Waals surface area contributed by atoms with Gasteiger partial charge in [0.05, 0.1) is 17.8 Å². The smallest absolute Gasteiger partial charge is 0.322 e. The quantitative estimate of drug-likeness (QED) is 0.887. The fraction of sp³-hybridized carbons (Fsp3) is 0.333. The maximum absolute atomic E-state index is 12.1. The third kappa shape index (κ3) is 3.82. The van der Waals surface area contributed by atoms with E-state index in [0.29, 0.717) is 18.2 Å². The molecular formula is C15H19N3O3. The molecule has 112 valence electrons. The molecule has 0 aliphatic rings. The van der Waals surface area contributed by atoms with Crippen LogP contribution in [-0.4, -0.2) is 24.9 Å². The maximum atomic E-state index is 12.1. The summed E-state index contributed by atoms with van der Waals surface area (Å²) in [6.07, 6.45) is 0. The lowest BCUT2D eigenvalue weighted by Gasteiger charge is -2.30. The molecule has 1 atom stereocenters. The van der Waals surface area contributed by atoms with Crippen molar-refractivity contribution in [2.75, 3.05) is 19.0 Å². The van der Waals surface area contributed by atoms with Gasteiger partial charge in [0.25, 0.3) is 0 Å². The number of carbonyl (C=O) groups is 1. The average molecular weight is 289 g/mol. The molecule has 0 spiro atoms. The second-order valence-electron chi connectivity index (χ2n) is 5.04. The third-order valence-corrected chi connectivity index (χ3v) is 3.10. The van der Waals surface area contributed by atoms with E-state index in [1.54, 1.807) is 20.1 Å². The van der Waals surface area contributed by atoms with Crippen LogP contribution in [0.2, 0.25) is 0 Å². The fourth-order valence-electron chi connectivity index (χ4n) is 2.10. The molecule has 1 aromatic carbocycles. The van der Waals surface area contributed by atoms with Gasteiger partial charge in [-0.1, -0.05) is 35.5 Å². The number of methoxy groups -OCH3 is 1. The molecular weight excluding hydrogens is 270 g/mol. The molecule has 1 aromatic heterocycles. The lowest BCUT2D eigenvalue weighted by molar-refractivity contribution is 0.123. The number of anilines is 1. The molecule has 0 radical (unpaired) electrons. The summed E-state index contributed by atoms with van der Waals surface area (Å²) in [6, 6.07) is 10.9. The normalized spacial score (nSPS) is 13.5. The largest absolute Gasteiger partial charge is 0.382 e. The highest BCUT2D eigenvalue weighted by molar-refractivity contribution is 5.88. The highest BCUT2D eigenvalue weighted by Gasteiger charge is 2.28. The van der Waals surface area contributed by atoms with E-state index in [1.807, 2.05) is 37.3 Å². The van der Waals surface area contributed by atoms with Gasteiger partial charge in [0.1, 0.15) is 0 Å². The first-order chi connectivity index (χ1) is 10.0. The minimum Gasteiger partial charge on any atom is -0.382 e. The first-order valence-corrected chi connectivity index (χ1v) is 6.60. The van der Waals surface area contributed by atoms with Crippen LogP contribution in [0.3, 0.4) is 0 Å². The number of nitrogens with zero attached hydrogens (tertiary/aromatic N) is 1. The fourth-order valence-corrected chi connectivity index (χ4v) is 2.10. The van der Waals surface area contributed by atoms with Crippen molar-refractivity contribution in [2.45, 2.75) is 19.4 Å². The Morgan fingerprint density at radius 1 is 1.38 bits per heavy atom. The summed E-state index contributed by atoms with van der Waals surface area (Å²) in [4.78, 5) is 12.1. The van der Waals surface area contributed by atoms with E-state index < -0.39 is 5.54 Å². The Morgan fingerprint density at radius 3 is 2.67 bits per heavy atom. The highest BCUT2D eigenvalue weighted by Crippen LogP contribution is 2.21. The summed E-state index contributed by atoms with van der Waals surface area (Å²) >= 11 is 0. The number of urea groups is 1. The molecule has 2 N–H and O–H groups in total. The summed E-state index contributed by atoms with van der Waals surface area (Å²) in [5.41, 5.74) is 1.01. The first-order valence-electron chi connectivity index (χ1n) is 6.60. The monoisotopic (exact) mass is 289 g/mol. The van der Waals surface area contributed by atoms with Gasteiger partial charge >= 0.3 is 6.03 Å². The molecule has 0 aliphatic heterocycles. The van der Waals surface area contributed by atoms with Crippen LogP contribution in [-0.2, 0) is 10.3 Å². The summed E-state index contributed by atoms with van der Waals surface area (Å²) in [7, 11) is 1.60. The first kappa shape index (κ1) is 15.1. The number of ether oxygens (including phenoxy) is 1. The molecule has 2 rings (SSSR count). The molecule has 0 fully saturated rings. The molecule has 0 bridgehead atoms. The van der Waals surface area contributed by atoms with Crippen molar-refractivity contribution >= 4 is 11.9 Å². The van der Waals surface area contributed by atoms with Gasteiger partial charge in [-0.25, -0.2) is 4.79 Å². The standard InChI is InChI=1S/C15H19N3O3/c1-11-9-13(21-18-11)16-14(19)17-15(2,10-20-3)12-7-5-4-6-8-12/h4-9H,10H2,1-3H3,(H2,16,17,19)/t15-/m1/s1. The number of benzene rings is 1. The molecule has 1 heterocycles. The van der Waals surface area contributed by atoms with E-state index >= 15 is 0 Å². The Morgan fingerprint density at radius 2 is 2.10 bits per heavy atom. The molecule has 2 amide bonds. The van der Waals surface area contributed by atoms with Crippen molar-refractivity contribution in [3.63, 3.8) is 0 Å². The van der Waals surface area contributed by atoms with Crippen molar-refractivity contribution < 1.29 is 14.1 Å². The van der Waals surface area contributed by atoms with E-state index in [4.69, 9.17) is 9.26 Å². The zero-order chi connectivity index (χ0) is 15.3. The van der Waals surface area contributed by atoms with E-state index in [1.165, 1.54) is 0 Å². The van der Waals surface area contributed by atoms with Crippen molar-refractivity contribution in [1.82, 2.24) is 10.5 Å². The average Bonchev–Trinajstić information content (AvgIpc) is 2.85. The number of rotatable bonds is 5. The number of nitrogens with one attached hydrogen (secondary N) is 2. The van der Waals surface area contributed by atoms with Gasteiger partial charge < -0.3 is 14.6 Å². The third-order valence-electron chi connectivity index (χ3n) is 3.10. The van der Waals surface area contributed by atoms with Crippen LogP contribution in [0, 0.1) is 6.92 Å². The number of aromatic nitrogens is 1. The van der Waals surface area contributed by atoms with Crippen LogP contribution >= 0.6 is 0 Å². The maximum Gasteiger partial charge on any atom is 0.322 e. The van der Waals surface area contributed by atoms with Crippen molar-refractivity contribution in [2.24, 2.45) is 0 Å². The van der Waals surface area contributed by atoms with Crippen LogP contribution in [0.25, 0.3) is 0 Å². The van der Waals surface area contributed by atoms with Gasteiger partial charge in [-0.2, -0.15) is 0 Å². The number of aryl methyl sites for hydroxylation is 1. The van der Waals surface area contributed by atoms with Crippen molar-refractivity contribution in [1.29, 1.82) is 0 Å². The van der Waals surface area contributed by atoms with Gasteiger partial charge in [0, 0.05) is 13.2 Å². The van der Waals surface area contributed by atoms with Gasteiger partial charge in [-0.3, -0.25) is 5.32 Å². The summed E-state index contributed by atoms with van der Waals surface area (Å²) in [6.45, 7) is 4.03. The van der Waals surface area contributed by atoms with Crippen molar-refractivity contribution in [3.05, 3.63) is 47.7 Å². The minimum atomic E-state index is -0.644. The van der Waals surface area contributed by atoms with Crippen LogP contribution < -0.4 is 10.6 Å². The van der Waals surface area contributed by atoms with Gasteiger partial charge in [0.2, 0.25) is 5.88 Å². The van der Waals surface area contributed by atoms with Gasteiger partial charge in [0.15, 0.2) is 0 Å². The second-order valence-corrected chi connectivity index (χ2v) is 5.04. The Bertz CT molecular complexity index is 597. The van der Waals surface area contributed by atoms with E-state index in [2.05, 4.69) is 15.8 Å². The van der Waals surface area contributed by atoms with Crippen LogP contribution in [0.15, 0.2) is 40.9 Å². The molecule has 2 aromatic rings. The SMILES string of the molecule is COC[C@@](C)(NC(=O)Nc1cc(C)no1)c1ccccc1. The van der Waals surface area contributed by atoms with E-state index in [9.17, 15) is 4.79 Å². The van der Waals surface area contributed by atoms with Crippen LogP contribution in [0.5, 0.6) is 0 Å². The summed E-state index contributed by atoms with van der Waals surface area (Å²) < 4.78 is 10.2. The number of amides is 2. The van der Waals surface area contributed by atoms with E-state index in [-0.39, 0.29) is 6.03 Å². The van der Waals surface area contributed by atoms with Gasteiger partial charge in [-0.05, 0) is 19.4 Å². The molecule has 6 heteroatoms. The van der Waals surface area contributed by atoms with Crippen LogP contribution in [0.1, 0.15) is 18.2 Å². The summed E-state index contributed by atoms with van der Waals surface area (Å²) in [5.74, 6) is 0.304. The molecule has 0 unspecified atom stereocenters. The zero-order valence-electron chi connectivity index (χ0n) is 12.3. The zero-order valence-corrected chi connectivity index (χ0v) is 12.3. The Labute approximate surface area is 123 Å². The Hall–Kier alpha value is -2.34. The number of carbonyl (C=O) groups excluding carboxylic acids is 1. The minimum absolute atomic E-state index is 0.304. The highest BCUT2D eigenvalue weighted by atomic mass is 16.5. The lowest BCUT2D eigenvalue weighted by atomic mass is 9.93. The molecule has 21 heavy (non-hydrogen) atoms. The lowest BCUT2D eigenvalue weighted by Crippen LogP contribution is -2.48. The number of hydrogen-bond acceptors (Lipinski definition) is 4. The van der Waals surface area contributed by atoms with E-state index in [0.717, 1.165) is 5.56 Å². The van der Waals surface area contributed by atoms with Crippen molar-refractivity contribution in [3.8, 4) is 0 Å². The second kappa shape index (κ2) is 6.41. The molecule has 0 saturated heterocycles. The Kier molecular flexibility index (Phi) is 4.59. The molecule has 0 saturated carbocycles. The molecule has 0 aliphatic carbocycles.